The summed E-state index contributed by atoms with van der Waals surface area (Å²) in [6.45, 7) is 5.24. The lowest BCUT2D eigenvalue weighted by atomic mass is 9.86. The third kappa shape index (κ3) is 5.72. The Morgan fingerprint density at radius 2 is 1.93 bits per heavy atom. The van der Waals surface area contributed by atoms with Crippen molar-refractivity contribution in [3.63, 3.8) is 0 Å². The maximum Gasteiger partial charge on any atom is 0.143 e. The van der Waals surface area contributed by atoms with Crippen molar-refractivity contribution in [2.75, 3.05) is 20.3 Å². The molecule has 1 heterocycles. The van der Waals surface area contributed by atoms with Crippen molar-refractivity contribution in [1.82, 2.24) is 0 Å². The van der Waals surface area contributed by atoms with E-state index in [4.69, 9.17) is 25.9 Å². The van der Waals surface area contributed by atoms with E-state index in [2.05, 4.69) is 5.16 Å². The molecule has 4 nitrogen and oxygen atoms in total. The van der Waals surface area contributed by atoms with Crippen LogP contribution in [-0.4, -0.2) is 26.0 Å². The summed E-state index contributed by atoms with van der Waals surface area (Å²) in [6, 6.07) is 10.8. The molecule has 0 amide bonds. The molecule has 0 saturated carbocycles. The van der Waals surface area contributed by atoms with Gasteiger partial charge in [0.2, 0.25) is 0 Å². The van der Waals surface area contributed by atoms with Crippen LogP contribution >= 0.6 is 23.4 Å². The van der Waals surface area contributed by atoms with E-state index in [9.17, 15) is 4.39 Å². The van der Waals surface area contributed by atoms with Crippen molar-refractivity contribution in [3.8, 4) is 0 Å². The van der Waals surface area contributed by atoms with Gasteiger partial charge in [0, 0.05) is 53.5 Å². The molecule has 0 N–H and O–H groups in total. The first-order valence-corrected chi connectivity index (χ1v) is 10.6. The molecule has 0 atom stereocenters. The predicted molar refractivity (Wildman–Crippen MR) is 114 cm³/mol. The molecule has 1 saturated heterocycles. The Balaban J connectivity index is 1.79. The van der Waals surface area contributed by atoms with Crippen LogP contribution in [0.2, 0.25) is 5.02 Å². The molecule has 1 aliphatic rings. The molecule has 0 aliphatic carbocycles. The van der Waals surface area contributed by atoms with Gasteiger partial charge in [0.1, 0.15) is 12.4 Å². The molecule has 0 aromatic heterocycles. The van der Waals surface area contributed by atoms with Crippen molar-refractivity contribution < 1.29 is 18.7 Å². The first-order chi connectivity index (χ1) is 13.9. The second kappa shape index (κ2) is 9.94. The lowest BCUT2D eigenvalue weighted by Gasteiger charge is -2.36. The Hall–Kier alpha value is -1.60. The van der Waals surface area contributed by atoms with Gasteiger partial charge in [-0.3, -0.25) is 0 Å². The molecular formula is C22H25ClFNO3S. The number of oxime groups is 1. The third-order valence-electron chi connectivity index (χ3n) is 4.82. The molecule has 7 heteroatoms. The van der Waals surface area contributed by atoms with E-state index in [1.54, 1.807) is 13.2 Å². The molecule has 1 aliphatic heterocycles. The Kier molecular flexibility index (Phi) is 7.57. The van der Waals surface area contributed by atoms with Gasteiger partial charge >= 0.3 is 0 Å². The number of hydrogen-bond acceptors (Lipinski definition) is 5. The van der Waals surface area contributed by atoms with E-state index in [1.165, 1.54) is 17.8 Å². The second-order valence-corrected chi connectivity index (χ2v) is 8.71. The molecule has 3 rings (SSSR count). The fourth-order valence-electron chi connectivity index (χ4n) is 3.27. The lowest BCUT2D eigenvalue weighted by Crippen LogP contribution is -2.35. The molecular weight excluding hydrogens is 413 g/mol. The quantitative estimate of drug-likeness (QED) is 0.382. The third-order valence-corrected chi connectivity index (χ3v) is 6.13. The molecule has 1 fully saturated rings. The minimum atomic E-state index is -0.508. The SMILES string of the molecule is COC1(c2cc(F)cc(Sc3ccc(CON=C(C)C)c(Cl)c3)c2)CCOCC1. The number of ether oxygens (including phenoxy) is 2. The van der Waals surface area contributed by atoms with Crippen molar-refractivity contribution in [2.45, 2.75) is 48.7 Å². The first-order valence-electron chi connectivity index (χ1n) is 9.45. The van der Waals surface area contributed by atoms with E-state index in [0.29, 0.717) is 37.7 Å². The number of benzene rings is 2. The number of hydrogen-bond donors (Lipinski definition) is 0. The van der Waals surface area contributed by atoms with Crippen molar-refractivity contribution in [2.24, 2.45) is 5.16 Å². The predicted octanol–water partition coefficient (Wildman–Crippen LogP) is 6.19. The maximum atomic E-state index is 14.4. The second-order valence-electron chi connectivity index (χ2n) is 7.15. The van der Waals surface area contributed by atoms with E-state index in [1.807, 2.05) is 38.1 Å². The highest BCUT2D eigenvalue weighted by atomic mass is 35.5. The summed E-state index contributed by atoms with van der Waals surface area (Å²) in [5, 5.41) is 4.51. The Morgan fingerprint density at radius 3 is 2.59 bits per heavy atom. The Morgan fingerprint density at radius 1 is 1.17 bits per heavy atom. The average molecular weight is 438 g/mol. The van der Waals surface area contributed by atoms with Gasteiger partial charge in [0.05, 0.1) is 11.3 Å². The highest BCUT2D eigenvalue weighted by Crippen LogP contribution is 2.39. The van der Waals surface area contributed by atoms with Crippen LogP contribution in [0.4, 0.5) is 4.39 Å². The molecule has 0 radical (unpaired) electrons. The summed E-state index contributed by atoms with van der Waals surface area (Å²) in [5.41, 5.74) is 2.02. The van der Waals surface area contributed by atoms with Crippen LogP contribution in [0.5, 0.6) is 0 Å². The Bertz CT molecular complexity index is 880. The summed E-state index contributed by atoms with van der Waals surface area (Å²) in [7, 11) is 1.67. The standard InChI is InChI=1S/C22H25ClFNO3S/c1-15(2)25-28-14-16-4-5-19(13-21(16)23)29-20-11-17(10-18(24)12-20)22(26-3)6-8-27-9-7-22/h4-5,10-13H,6-9,14H2,1-3H3. The van der Waals surface area contributed by atoms with Crippen LogP contribution in [-0.2, 0) is 26.5 Å². The van der Waals surface area contributed by atoms with Gasteiger partial charge in [-0.2, -0.15) is 0 Å². The maximum absolute atomic E-state index is 14.4. The van der Waals surface area contributed by atoms with E-state index >= 15 is 0 Å². The summed E-state index contributed by atoms with van der Waals surface area (Å²) in [6.07, 6.45) is 1.41. The zero-order valence-electron chi connectivity index (χ0n) is 16.8. The van der Waals surface area contributed by atoms with E-state index in [0.717, 1.165) is 26.6 Å². The van der Waals surface area contributed by atoms with Crippen LogP contribution in [0.15, 0.2) is 51.3 Å². The molecule has 0 spiro atoms. The van der Waals surface area contributed by atoms with Gasteiger partial charge < -0.3 is 14.3 Å². The number of rotatable bonds is 7. The summed E-state index contributed by atoms with van der Waals surface area (Å²) >= 11 is 7.85. The molecule has 0 unspecified atom stereocenters. The van der Waals surface area contributed by atoms with Gasteiger partial charge in [0.25, 0.3) is 0 Å². The largest absolute Gasteiger partial charge is 0.391 e. The van der Waals surface area contributed by atoms with Crippen LogP contribution in [0, 0.1) is 5.82 Å². The van der Waals surface area contributed by atoms with Gasteiger partial charge in [0.15, 0.2) is 0 Å². The minimum Gasteiger partial charge on any atom is -0.391 e. The van der Waals surface area contributed by atoms with Crippen LogP contribution in [0.25, 0.3) is 0 Å². The van der Waals surface area contributed by atoms with Gasteiger partial charge in [-0.05, 0) is 49.7 Å². The summed E-state index contributed by atoms with van der Waals surface area (Å²) in [4.78, 5) is 6.99. The van der Waals surface area contributed by atoms with Gasteiger partial charge in [-0.15, -0.1) is 0 Å². The summed E-state index contributed by atoms with van der Waals surface area (Å²) < 4.78 is 25.7. The van der Waals surface area contributed by atoms with Crippen LogP contribution in [0.3, 0.4) is 0 Å². The smallest absolute Gasteiger partial charge is 0.143 e. The fourth-order valence-corrected chi connectivity index (χ4v) is 4.51. The highest BCUT2D eigenvalue weighted by molar-refractivity contribution is 7.99. The van der Waals surface area contributed by atoms with Gasteiger partial charge in [-0.25, -0.2) is 4.39 Å². The molecule has 0 bridgehead atoms. The minimum absolute atomic E-state index is 0.281. The average Bonchev–Trinajstić information content (AvgIpc) is 2.69. The van der Waals surface area contributed by atoms with Crippen molar-refractivity contribution in [3.05, 3.63) is 58.4 Å². The zero-order chi connectivity index (χ0) is 20.9. The topological polar surface area (TPSA) is 40.0 Å². The molecule has 156 valence electrons. The Labute approximate surface area is 180 Å². The monoisotopic (exact) mass is 437 g/mol. The molecule has 2 aromatic carbocycles. The first kappa shape index (κ1) is 22.1. The van der Waals surface area contributed by atoms with Gasteiger partial charge in [-0.1, -0.05) is 34.6 Å². The normalized spacial score (nSPS) is 15.8. The lowest BCUT2D eigenvalue weighted by molar-refractivity contribution is -0.0950. The highest BCUT2D eigenvalue weighted by Gasteiger charge is 2.35. The van der Waals surface area contributed by atoms with E-state index < -0.39 is 5.60 Å². The zero-order valence-corrected chi connectivity index (χ0v) is 18.4. The van der Waals surface area contributed by atoms with E-state index in [-0.39, 0.29) is 5.82 Å². The number of nitrogens with zero attached hydrogens (tertiary/aromatic N) is 1. The molecule has 29 heavy (non-hydrogen) atoms. The number of halogens is 2. The van der Waals surface area contributed by atoms with Crippen LogP contribution in [0.1, 0.15) is 37.8 Å². The summed E-state index contributed by atoms with van der Waals surface area (Å²) in [5.74, 6) is -0.281. The number of methoxy groups -OCH3 is 1. The van der Waals surface area contributed by atoms with Crippen LogP contribution < -0.4 is 0 Å². The fraction of sp³-hybridized carbons (Fsp3) is 0.409. The van der Waals surface area contributed by atoms with Crippen molar-refractivity contribution >= 4 is 29.1 Å². The molecule has 2 aromatic rings. The van der Waals surface area contributed by atoms with Crippen molar-refractivity contribution in [1.29, 1.82) is 0 Å².